The molecule has 1 amide bonds. The molecule has 0 bridgehead atoms. The molecule has 2 heterocycles. The first kappa shape index (κ1) is 16.3. The maximum atomic E-state index is 12.6. The molecule has 4 heteroatoms. The van der Waals surface area contributed by atoms with Crippen LogP contribution in [0.3, 0.4) is 0 Å². The van der Waals surface area contributed by atoms with Gasteiger partial charge < -0.3 is 10.2 Å². The molecule has 1 saturated carbocycles. The number of anilines is 1. The zero-order chi connectivity index (χ0) is 16.1. The standard InChI is InChI=1S/C19H29N3O/c1-15-9-12-22(13-10-15)19(23)18-14-17(8-11-20-18)21-16-6-4-2-3-5-7-16/h8,11,14-16H,2-7,9-10,12-13H2,1H3,(H,20,21). The van der Waals surface area contributed by atoms with Crippen LogP contribution in [-0.2, 0) is 0 Å². The summed E-state index contributed by atoms with van der Waals surface area (Å²) in [5.41, 5.74) is 1.62. The largest absolute Gasteiger partial charge is 0.382 e. The summed E-state index contributed by atoms with van der Waals surface area (Å²) in [6.45, 7) is 3.99. The van der Waals surface area contributed by atoms with Gasteiger partial charge in [0.15, 0.2) is 0 Å². The number of aromatic nitrogens is 1. The monoisotopic (exact) mass is 315 g/mol. The quantitative estimate of drug-likeness (QED) is 0.855. The van der Waals surface area contributed by atoms with Gasteiger partial charge in [0, 0.05) is 31.0 Å². The van der Waals surface area contributed by atoms with Crippen molar-refractivity contribution < 1.29 is 4.79 Å². The second kappa shape index (κ2) is 7.80. The summed E-state index contributed by atoms with van der Waals surface area (Å²) in [7, 11) is 0. The normalized spacial score (nSPS) is 21.0. The number of nitrogens with zero attached hydrogens (tertiary/aromatic N) is 2. The smallest absolute Gasteiger partial charge is 0.272 e. The van der Waals surface area contributed by atoms with Crippen molar-refractivity contribution in [3.05, 3.63) is 24.0 Å². The predicted molar refractivity (Wildman–Crippen MR) is 93.7 cm³/mol. The Morgan fingerprint density at radius 2 is 1.83 bits per heavy atom. The zero-order valence-electron chi connectivity index (χ0n) is 14.3. The van der Waals surface area contributed by atoms with E-state index < -0.39 is 0 Å². The van der Waals surface area contributed by atoms with Crippen LogP contribution in [0.15, 0.2) is 18.3 Å². The fourth-order valence-corrected chi connectivity index (χ4v) is 3.67. The first-order chi connectivity index (χ1) is 11.2. The molecule has 1 aromatic rings. The topological polar surface area (TPSA) is 45.2 Å². The Morgan fingerprint density at radius 1 is 1.13 bits per heavy atom. The molecule has 2 fully saturated rings. The molecule has 1 aliphatic carbocycles. The van der Waals surface area contributed by atoms with Crippen LogP contribution in [0.1, 0.15) is 68.8 Å². The molecule has 0 aromatic carbocycles. The van der Waals surface area contributed by atoms with Crippen molar-refractivity contribution in [1.82, 2.24) is 9.88 Å². The van der Waals surface area contributed by atoms with Crippen LogP contribution in [0.25, 0.3) is 0 Å². The highest BCUT2D eigenvalue weighted by Gasteiger charge is 2.22. The van der Waals surface area contributed by atoms with Crippen LogP contribution in [0.5, 0.6) is 0 Å². The van der Waals surface area contributed by atoms with E-state index in [-0.39, 0.29) is 5.91 Å². The van der Waals surface area contributed by atoms with Crippen molar-refractivity contribution in [2.24, 2.45) is 5.92 Å². The van der Waals surface area contributed by atoms with Crippen molar-refractivity contribution in [2.45, 2.75) is 64.3 Å². The van der Waals surface area contributed by atoms with Crippen LogP contribution >= 0.6 is 0 Å². The van der Waals surface area contributed by atoms with E-state index in [9.17, 15) is 4.79 Å². The third-order valence-electron chi connectivity index (χ3n) is 5.28. The molecule has 4 nitrogen and oxygen atoms in total. The summed E-state index contributed by atoms with van der Waals surface area (Å²) in [5, 5.41) is 3.62. The molecule has 0 atom stereocenters. The Balaban J connectivity index is 1.63. The minimum Gasteiger partial charge on any atom is -0.382 e. The molecule has 1 aliphatic heterocycles. The van der Waals surface area contributed by atoms with E-state index in [1.807, 2.05) is 17.0 Å². The van der Waals surface area contributed by atoms with Crippen LogP contribution in [-0.4, -0.2) is 34.9 Å². The molecule has 2 aliphatic rings. The van der Waals surface area contributed by atoms with E-state index in [1.54, 1.807) is 6.20 Å². The highest BCUT2D eigenvalue weighted by atomic mass is 16.2. The molecule has 1 aromatic heterocycles. The van der Waals surface area contributed by atoms with Crippen molar-refractivity contribution in [2.75, 3.05) is 18.4 Å². The van der Waals surface area contributed by atoms with Crippen molar-refractivity contribution in [3.63, 3.8) is 0 Å². The van der Waals surface area contributed by atoms with E-state index in [1.165, 1.54) is 38.5 Å². The van der Waals surface area contributed by atoms with Gasteiger partial charge in [-0.15, -0.1) is 0 Å². The molecule has 126 valence electrons. The Kier molecular flexibility index (Phi) is 5.52. The van der Waals surface area contributed by atoms with E-state index in [0.29, 0.717) is 11.7 Å². The molecule has 3 rings (SSSR count). The van der Waals surface area contributed by atoms with Crippen molar-refractivity contribution in [3.8, 4) is 0 Å². The summed E-state index contributed by atoms with van der Waals surface area (Å²) in [4.78, 5) is 18.9. The molecule has 1 saturated heterocycles. The van der Waals surface area contributed by atoms with E-state index >= 15 is 0 Å². The molecule has 1 N–H and O–H groups in total. The fourth-order valence-electron chi connectivity index (χ4n) is 3.67. The van der Waals surface area contributed by atoms with Crippen LogP contribution < -0.4 is 5.32 Å². The lowest BCUT2D eigenvalue weighted by molar-refractivity contribution is 0.0691. The number of amides is 1. The van der Waals surface area contributed by atoms with Gasteiger partial charge in [0.05, 0.1) is 0 Å². The molecule has 0 radical (unpaired) electrons. The SMILES string of the molecule is CC1CCN(C(=O)c2cc(NC3CCCCCC3)ccn2)CC1. The molecule has 23 heavy (non-hydrogen) atoms. The minimum atomic E-state index is 0.0846. The number of hydrogen-bond acceptors (Lipinski definition) is 3. The number of carbonyl (C=O) groups excluding carboxylic acids is 1. The van der Waals surface area contributed by atoms with Crippen molar-refractivity contribution in [1.29, 1.82) is 0 Å². The lowest BCUT2D eigenvalue weighted by Crippen LogP contribution is -2.38. The molecular weight excluding hydrogens is 286 g/mol. The first-order valence-corrected chi connectivity index (χ1v) is 9.24. The third-order valence-corrected chi connectivity index (χ3v) is 5.28. The summed E-state index contributed by atoms with van der Waals surface area (Å²) in [5.74, 6) is 0.816. The number of hydrogen-bond donors (Lipinski definition) is 1. The lowest BCUT2D eigenvalue weighted by Gasteiger charge is -2.30. The van der Waals surface area contributed by atoms with Gasteiger partial charge in [0.2, 0.25) is 0 Å². The van der Waals surface area contributed by atoms with Gasteiger partial charge in [0.25, 0.3) is 5.91 Å². The average molecular weight is 315 g/mol. The zero-order valence-corrected chi connectivity index (χ0v) is 14.3. The summed E-state index contributed by atoms with van der Waals surface area (Å²) in [6.07, 6.45) is 11.7. The Hall–Kier alpha value is -1.58. The van der Waals surface area contributed by atoms with Gasteiger partial charge in [-0.05, 0) is 43.7 Å². The average Bonchev–Trinajstić information content (AvgIpc) is 2.84. The van der Waals surface area contributed by atoms with Crippen LogP contribution in [0, 0.1) is 5.92 Å². The Labute approximate surface area is 139 Å². The van der Waals surface area contributed by atoms with E-state index in [0.717, 1.165) is 37.5 Å². The van der Waals surface area contributed by atoms with Gasteiger partial charge in [-0.2, -0.15) is 0 Å². The minimum absolute atomic E-state index is 0.0846. The Morgan fingerprint density at radius 3 is 2.52 bits per heavy atom. The summed E-state index contributed by atoms with van der Waals surface area (Å²) < 4.78 is 0. The maximum absolute atomic E-state index is 12.6. The van der Waals surface area contributed by atoms with Gasteiger partial charge >= 0.3 is 0 Å². The number of likely N-dealkylation sites (tertiary alicyclic amines) is 1. The summed E-state index contributed by atoms with van der Waals surface area (Å²) >= 11 is 0. The van der Waals surface area contributed by atoms with Crippen LogP contribution in [0.2, 0.25) is 0 Å². The molecule has 0 unspecified atom stereocenters. The Bertz CT molecular complexity index is 515. The maximum Gasteiger partial charge on any atom is 0.272 e. The highest BCUT2D eigenvalue weighted by molar-refractivity contribution is 5.93. The molecular formula is C19H29N3O. The fraction of sp³-hybridized carbons (Fsp3) is 0.684. The van der Waals surface area contributed by atoms with Gasteiger partial charge in [-0.3, -0.25) is 9.78 Å². The van der Waals surface area contributed by atoms with E-state index in [4.69, 9.17) is 0 Å². The number of pyridine rings is 1. The highest BCUT2D eigenvalue weighted by Crippen LogP contribution is 2.22. The summed E-state index contributed by atoms with van der Waals surface area (Å²) in [6, 6.07) is 4.46. The van der Waals surface area contributed by atoms with Crippen LogP contribution in [0.4, 0.5) is 5.69 Å². The number of piperidine rings is 1. The number of carbonyl (C=O) groups is 1. The van der Waals surface area contributed by atoms with Gasteiger partial charge in [-0.25, -0.2) is 0 Å². The van der Waals surface area contributed by atoms with Crippen molar-refractivity contribution >= 4 is 11.6 Å². The third kappa shape index (κ3) is 4.46. The molecule has 0 spiro atoms. The lowest BCUT2D eigenvalue weighted by atomic mass is 9.99. The second-order valence-corrected chi connectivity index (χ2v) is 7.24. The van der Waals surface area contributed by atoms with E-state index in [2.05, 4.69) is 17.2 Å². The number of rotatable bonds is 3. The predicted octanol–water partition coefficient (Wildman–Crippen LogP) is 4.09. The number of nitrogens with one attached hydrogen (secondary N) is 1. The second-order valence-electron chi connectivity index (χ2n) is 7.24. The van der Waals surface area contributed by atoms with Gasteiger partial charge in [0.1, 0.15) is 5.69 Å². The van der Waals surface area contributed by atoms with Gasteiger partial charge in [-0.1, -0.05) is 32.6 Å². The first-order valence-electron chi connectivity index (χ1n) is 9.24.